The minimum Gasteiger partial charge on any atom is -0.495 e. The number of amides is 1. The molecule has 3 rings (SSSR count). The number of sulfonamides is 1. The Kier molecular flexibility index (Phi) is 7.07. The average molecular weight is 449 g/mol. The number of rotatable bonds is 9. The summed E-state index contributed by atoms with van der Waals surface area (Å²) in [6.07, 6.45) is 1.70. The Morgan fingerprint density at radius 1 is 1.00 bits per heavy atom. The van der Waals surface area contributed by atoms with E-state index in [0.29, 0.717) is 42.3 Å². The first kappa shape index (κ1) is 22.9. The number of nitrogens with zero attached hydrogens (tertiary/aromatic N) is 1. The highest BCUT2D eigenvalue weighted by Crippen LogP contribution is 2.35. The Bertz CT molecular complexity index is 1050. The zero-order valence-electron chi connectivity index (χ0n) is 18.2. The van der Waals surface area contributed by atoms with Crippen molar-refractivity contribution in [2.45, 2.75) is 37.1 Å². The molecule has 0 aliphatic carbocycles. The summed E-state index contributed by atoms with van der Waals surface area (Å²) in [5.74, 6) is 1.51. The number of nitrogens with one attached hydrogen (secondary N) is 1. The SMILES string of the molecule is CC[C@H](NS(=O)(=O)c1ccc(OC)c(N2CCCC2=O)c1)c1ccc(OC)c(OC)c1. The second-order valence-corrected chi connectivity index (χ2v) is 8.89. The highest BCUT2D eigenvalue weighted by Gasteiger charge is 2.28. The number of hydrogen-bond acceptors (Lipinski definition) is 6. The van der Waals surface area contributed by atoms with E-state index in [1.165, 1.54) is 26.4 Å². The molecule has 1 saturated heterocycles. The van der Waals surface area contributed by atoms with Crippen molar-refractivity contribution in [2.24, 2.45) is 0 Å². The van der Waals surface area contributed by atoms with Crippen LogP contribution in [0.15, 0.2) is 41.3 Å². The molecule has 0 aromatic heterocycles. The summed E-state index contributed by atoms with van der Waals surface area (Å²) in [6, 6.07) is 9.39. The molecular weight excluding hydrogens is 420 g/mol. The number of ether oxygens (including phenoxy) is 3. The molecule has 2 aromatic rings. The maximum Gasteiger partial charge on any atom is 0.241 e. The van der Waals surface area contributed by atoms with Crippen molar-refractivity contribution in [1.82, 2.24) is 4.72 Å². The van der Waals surface area contributed by atoms with E-state index in [2.05, 4.69) is 4.72 Å². The van der Waals surface area contributed by atoms with Crippen LogP contribution in [-0.4, -0.2) is 42.2 Å². The van der Waals surface area contributed by atoms with Gasteiger partial charge in [-0.25, -0.2) is 13.1 Å². The van der Waals surface area contributed by atoms with Gasteiger partial charge in [0.1, 0.15) is 5.75 Å². The number of carbonyl (C=O) groups is 1. The van der Waals surface area contributed by atoms with Gasteiger partial charge in [-0.05, 0) is 48.7 Å². The maximum absolute atomic E-state index is 13.2. The summed E-state index contributed by atoms with van der Waals surface area (Å²) >= 11 is 0. The average Bonchev–Trinajstić information content (AvgIpc) is 3.22. The molecule has 1 amide bonds. The molecule has 1 atom stereocenters. The summed E-state index contributed by atoms with van der Waals surface area (Å²) in [5.41, 5.74) is 1.22. The molecule has 9 heteroatoms. The van der Waals surface area contributed by atoms with E-state index in [0.717, 1.165) is 12.0 Å². The van der Waals surface area contributed by atoms with Crippen molar-refractivity contribution >= 4 is 21.6 Å². The van der Waals surface area contributed by atoms with Crippen molar-refractivity contribution in [1.29, 1.82) is 0 Å². The number of benzene rings is 2. The van der Waals surface area contributed by atoms with Gasteiger partial charge in [0.15, 0.2) is 11.5 Å². The number of carbonyl (C=O) groups excluding carboxylic acids is 1. The molecule has 2 aromatic carbocycles. The van der Waals surface area contributed by atoms with Gasteiger partial charge in [0.25, 0.3) is 0 Å². The van der Waals surface area contributed by atoms with Gasteiger partial charge in [-0.1, -0.05) is 13.0 Å². The van der Waals surface area contributed by atoms with Crippen molar-refractivity contribution in [3.8, 4) is 17.2 Å². The summed E-state index contributed by atoms with van der Waals surface area (Å²) in [7, 11) is 0.709. The van der Waals surface area contributed by atoms with Gasteiger partial charge in [0.2, 0.25) is 15.9 Å². The molecule has 0 unspecified atom stereocenters. The van der Waals surface area contributed by atoms with Crippen LogP contribution in [0.4, 0.5) is 5.69 Å². The molecule has 31 heavy (non-hydrogen) atoms. The third-order valence-corrected chi connectivity index (χ3v) is 6.81. The number of methoxy groups -OCH3 is 3. The monoisotopic (exact) mass is 448 g/mol. The van der Waals surface area contributed by atoms with Crippen LogP contribution in [0.3, 0.4) is 0 Å². The maximum atomic E-state index is 13.2. The first-order valence-corrected chi connectivity index (χ1v) is 11.6. The van der Waals surface area contributed by atoms with E-state index in [-0.39, 0.29) is 10.8 Å². The first-order chi connectivity index (χ1) is 14.8. The van der Waals surface area contributed by atoms with Gasteiger partial charge < -0.3 is 19.1 Å². The third-order valence-electron chi connectivity index (χ3n) is 5.34. The highest BCUT2D eigenvalue weighted by molar-refractivity contribution is 7.89. The third kappa shape index (κ3) is 4.77. The molecule has 8 nitrogen and oxygen atoms in total. The van der Waals surface area contributed by atoms with E-state index in [1.807, 2.05) is 6.92 Å². The zero-order chi connectivity index (χ0) is 22.6. The predicted molar refractivity (Wildman–Crippen MR) is 117 cm³/mol. The van der Waals surface area contributed by atoms with Crippen LogP contribution in [0.2, 0.25) is 0 Å². The van der Waals surface area contributed by atoms with Crippen molar-refractivity contribution in [3.05, 3.63) is 42.0 Å². The van der Waals surface area contributed by atoms with Gasteiger partial charge in [0.05, 0.1) is 31.9 Å². The van der Waals surface area contributed by atoms with Crippen molar-refractivity contribution < 1.29 is 27.4 Å². The van der Waals surface area contributed by atoms with E-state index in [4.69, 9.17) is 14.2 Å². The van der Waals surface area contributed by atoms with Gasteiger partial charge in [0, 0.05) is 19.0 Å². The van der Waals surface area contributed by atoms with Gasteiger partial charge in [-0.2, -0.15) is 0 Å². The van der Waals surface area contributed by atoms with E-state index < -0.39 is 16.1 Å². The summed E-state index contributed by atoms with van der Waals surface area (Å²) in [4.78, 5) is 13.9. The summed E-state index contributed by atoms with van der Waals surface area (Å²) in [5, 5.41) is 0. The lowest BCUT2D eigenvalue weighted by Gasteiger charge is -2.22. The molecule has 0 bridgehead atoms. The Morgan fingerprint density at radius 3 is 2.26 bits per heavy atom. The topological polar surface area (TPSA) is 94.2 Å². The lowest BCUT2D eigenvalue weighted by Crippen LogP contribution is -2.29. The van der Waals surface area contributed by atoms with E-state index in [9.17, 15) is 13.2 Å². The fourth-order valence-electron chi connectivity index (χ4n) is 3.66. The molecule has 1 heterocycles. The lowest BCUT2D eigenvalue weighted by molar-refractivity contribution is -0.117. The molecule has 168 valence electrons. The molecule has 0 radical (unpaired) electrons. The van der Waals surface area contributed by atoms with Crippen LogP contribution in [-0.2, 0) is 14.8 Å². The quantitative estimate of drug-likeness (QED) is 0.633. The minimum atomic E-state index is -3.87. The first-order valence-electron chi connectivity index (χ1n) is 10.1. The highest BCUT2D eigenvalue weighted by atomic mass is 32.2. The number of hydrogen-bond donors (Lipinski definition) is 1. The molecule has 1 aliphatic rings. The second-order valence-electron chi connectivity index (χ2n) is 7.18. The molecule has 0 spiro atoms. The summed E-state index contributed by atoms with van der Waals surface area (Å²) in [6.45, 7) is 2.43. The molecule has 1 aliphatic heterocycles. The molecule has 0 saturated carbocycles. The fraction of sp³-hybridized carbons (Fsp3) is 0.409. The second kappa shape index (κ2) is 9.57. The van der Waals surface area contributed by atoms with Gasteiger partial charge in [-0.3, -0.25) is 4.79 Å². The van der Waals surface area contributed by atoms with Crippen molar-refractivity contribution in [2.75, 3.05) is 32.8 Å². The van der Waals surface area contributed by atoms with Gasteiger partial charge in [-0.15, -0.1) is 0 Å². The lowest BCUT2D eigenvalue weighted by atomic mass is 10.1. The van der Waals surface area contributed by atoms with Gasteiger partial charge >= 0.3 is 0 Å². The largest absolute Gasteiger partial charge is 0.495 e. The normalized spacial score (nSPS) is 15.1. The smallest absolute Gasteiger partial charge is 0.241 e. The van der Waals surface area contributed by atoms with Crippen LogP contribution in [0.5, 0.6) is 17.2 Å². The molecular formula is C22H28N2O6S. The Labute approximate surface area is 183 Å². The molecule has 1 N–H and O–H groups in total. The Balaban J connectivity index is 1.93. The zero-order valence-corrected chi connectivity index (χ0v) is 19.0. The number of anilines is 1. The summed E-state index contributed by atoms with van der Waals surface area (Å²) < 4.78 is 45.1. The Morgan fingerprint density at radius 2 is 1.68 bits per heavy atom. The van der Waals surface area contributed by atoms with Crippen LogP contribution in [0.1, 0.15) is 37.8 Å². The molecule has 1 fully saturated rings. The van der Waals surface area contributed by atoms with Crippen molar-refractivity contribution in [3.63, 3.8) is 0 Å². The van der Waals surface area contributed by atoms with Crippen LogP contribution in [0, 0.1) is 0 Å². The minimum absolute atomic E-state index is 0.0439. The van der Waals surface area contributed by atoms with Crippen LogP contribution >= 0.6 is 0 Å². The fourth-order valence-corrected chi connectivity index (χ4v) is 4.99. The standard InChI is InChI=1S/C22H28N2O6S/c1-5-17(15-8-10-20(29-3)21(13-15)30-4)23-31(26,27)16-9-11-19(28-2)18(14-16)24-12-6-7-22(24)25/h8-11,13-14,17,23H,5-7,12H2,1-4H3/t17-/m0/s1. The predicted octanol–water partition coefficient (Wildman–Crippen LogP) is 3.27. The van der Waals surface area contributed by atoms with Crippen LogP contribution in [0.25, 0.3) is 0 Å². The van der Waals surface area contributed by atoms with Crippen LogP contribution < -0.4 is 23.8 Å². The Hall–Kier alpha value is -2.78. The van der Waals surface area contributed by atoms with E-state index >= 15 is 0 Å². The van der Waals surface area contributed by atoms with E-state index in [1.54, 1.807) is 36.3 Å².